The van der Waals surface area contributed by atoms with Crippen LogP contribution in [0.5, 0.6) is 23.0 Å². The Labute approximate surface area is 585 Å². The maximum atomic E-state index is 14.9. The van der Waals surface area contributed by atoms with E-state index < -0.39 is 0 Å². The lowest BCUT2D eigenvalue weighted by Gasteiger charge is -2.28. The van der Waals surface area contributed by atoms with Crippen LogP contribution >= 0.6 is 22.7 Å². The molecule has 11 rings (SSSR count). The van der Waals surface area contributed by atoms with Gasteiger partial charge in [-0.1, -0.05) is 173 Å². The highest BCUT2D eigenvalue weighted by Crippen LogP contribution is 2.54. The van der Waals surface area contributed by atoms with Crippen molar-refractivity contribution in [1.29, 1.82) is 0 Å². The first-order valence-corrected chi connectivity index (χ1v) is 36.6. The molecular weight excluding hydrogens is 1260 g/mol. The van der Waals surface area contributed by atoms with E-state index in [-0.39, 0.29) is 35.7 Å². The Hall–Kier alpha value is -9.46. The number of unbranched alkanes of at least 4 members (excludes halogenated alkanes) is 10. The average Bonchev–Trinajstić information content (AvgIpc) is 1.57. The van der Waals surface area contributed by atoms with Gasteiger partial charge in [0, 0.05) is 54.9 Å². The van der Waals surface area contributed by atoms with E-state index in [9.17, 15) is 19.2 Å². The number of thiophene rings is 2. The fourth-order valence-corrected chi connectivity index (χ4v) is 15.3. The van der Waals surface area contributed by atoms with Crippen LogP contribution in [0.4, 0.5) is 0 Å². The van der Waals surface area contributed by atoms with Crippen LogP contribution in [0.2, 0.25) is 0 Å². The SMILES string of the molecule is C=CC(=O)OCCCCCCCCOc1ccc(C2CCC(C(=O)Oc3c4cc(-c5ccc(C#Cc6ccccc6)cc5)sc4c(OC(=O)C4CCC(c5ccc(OCCCCCCCCOC(=O)C=C)cc5)CC4)c4cc(-c5ccc(C#Cc6ccccc6)cc5)sc34)CC2)cc1. The molecule has 2 aliphatic rings. The first-order valence-electron chi connectivity index (χ1n) is 35.0. The molecule has 0 aliphatic heterocycles. The topological polar surface area (TPSA) is 124 Å². The van der Waals surface area contributed by atoms with E-state index in [0.29, 0.717) is 75.4 Å². The maximum Gasteiger partial charge on any atom is 0.330 e. The Morgan fingerprint density at radius 1 is 0.388 bits per heavy atom. The molecule has 0 saturated heterocycles. The number of esters is 4. The molecule has 502 valence electrons. The van der Waals surface area contributed by atoms with Crippen LogP contribution in [-0.4, -0.2) is 50.3 Å². The minimum Gasteiger partial charge on any atom is -0.494 e. The number of benzene rings is 7. The summed E-state index contributed by atoms with van der Waals surface area (Å²) in [5.74, 6) is 14.7. The minimum absolute atomic E-state index is 0.250. The number of hydrogen-bond acceptors (Lipinski definition) is 12. The van der Waals surface area contributed by atoms with Gasteiger partial charge in [-0.05, 0) is 196 Å². The number of fused-ring (bicyclic) bond motifs is 2. The van der Waals surface area contributed by atoms with Gasteiger partial charge in [-0.3, -0.25) is 9.59 Å². The number of hydrogen-bond donors (Lipinski definition) is 0. The Bertz CT molecular complexity index is 3910. The molecule has 2 aromatic heterocycles. The van der Waals surface area contributed by atoms with E-state index in [1.54, 1.807) is 22.7 Å². The molecule has 0 radical (unpaired) electrons. The molecule has 12 heteroatoms. The summed E-state index contributed by atoms with van der Waals surface area (Å²) in [6, 6.07) is 57.5. The summed E-state index contributed by atoms with van der Waals surface area (Å²) >= 11 is 3.08. The van der Waals surface area contributed by atoms with Crippen LogP contribution in [0, 0.1) is 35.5 Å². The quantitative estimate of drug-likeness (QED) is 0.0141. The average molecular weight is 1340 g/mol. The second-order valence-corrected chi connectivity index (χ2v) is 27.6. The third kappa shape index (κ3) is 19.9. The zero-order valence-electron chi connectivity index (χ0n) is 55.9. The monoisotopic (exact) mass is 1340 g/mol. The summed E-state index contributed by atoms with van der Waals surface area (Å²) in [6.45, 7) is 9.08. The van der Waals surface area contributed by atoms with Gasteiger partial charge in [0.15, 0.2) is 11.5 Å². The Morgan fingerprint density at radius 2 is 0.714 bits per heavy atom. The molecule has 0 atom stereocenters. The number of rotatable bonds is 30. The van der Waals surface area contributed by atoms with E-state index in [1.165, 1.54) is 23.3 Å². The summed E-state index contributed by atoms with van der Waals surface area (Å²) in [7, 11) is 0. The van der Waals surface area contributed by atoms with E-state index in [0.717, 1.165) is 178 Å². The van der Waals surface area contributed by atoms with Gasteiger partial charge >= 0.3 is 23.9 Å². The van der Waals surface area contributed by atoms with E-state index in [4.69, 9.17) is 28.4 Å². The highest BCUT2D eigenvalue weighted by Gasteiger charge is 2.34. The smallest absolute Gasteiger partial charge is 0.330 e. The van der Waals surface area contributed by atoms with E-state index in [1.807, 2.05) is 84.9 Å². The Morgan fingerprint density at radius 3 is 1.06 bits per heavy atom. The lowest BCUT2D eigenvalue weighted by molar-refractivity contribution is -0.140. The van der Waals surface area contributed by atoms with Crippen LogP contribution in [0.15, 0.2) is 195 Å². The molecule has 2 aliphatic carbocycles. The van der Waals surface area contributed by atoms with Crippen LogP contribution in [-0.2, 0) is 28.7 Å². The molecule has 0 amide bonds. The fraction of sp³-hybridized carbons (Fsp3) is 0.326. The second kappa shape index (κ2) is 36.2. The van der Waals surface area contributed by atoms with Crippen molar-refractivity contribution in [2.45, 2.75) is 140 Å². The highest BCUT2D eigenvalue weighted by atomic mass is 32.1. The molecule has 98 heavy (non-hydrogen) atoms. The van der Waals surface area contributed by atoms with Gasteiger partial charge in [0.05, 0.1) is 47.7 Å². The third-order valence-corrected chi connectivity index (χ3v) is 21.0. The summed E-state index contributed by atoms with van der Waals surface area (Å²) in [4.78, 5) is 54.2. The maximum absolute atomic E-state index is 14.9. The second-order valence-electron chi connectivity index (χ2n) is 25.5. The third-order valence-electron chi connectivity index (χ3n) is 18.6. The molecule has 2 fully saturated rings. The zero-order valence-corrected chi connectivity index (χ0v) is 57.5. The van der Waals surface area contributed by atoms with E-state index >= 15 is 0 Å². The molecule has 9 aromatic rings. The molecule has 0 spiro atoms. The molecule has 10 nitrogen and oxygen atoms in total. The van der Waals surface area contributed by atoms with Gasteiger partial charge in [-0.15, -0.1) is 22.7 Å². The molecule has 2 heterocycles. The standard InChI is InChI=1S/C86H86O10S2/c1-3-79(87)93-57-21-11-7-5-9-19-55-91-73-51-47-67(48-52-73)65-39-43-71(44-40-65)85(89)95-81-75-59-77(69-35-31-63(32-36-69)29-27-61-23-15-13-16-24-61)98-84(75)82(76-60-78(97-83(76)81)70-37-33-64(34-38-70)30-28-62-25-17-14-18-26-62)96-86(90)72-45-41-66(42-46-72)68-49-53-74(54-50-68)92-56-20-10-6-8-12-22-58-94-80(88)4-2/h3-4,13-18,23-26,31-38,47-54,59-60,65-66,71-72H,1-2,5-12,19-22,39-46,55-58H2. The van der Waals surface area contributed by atoms with Gasteiger partial charge in [0.1, 0.15) is 11.5 Å². The lowest BCUT2D eigenvalue weighted by atomic mass is 9.79. The van der Waals surface area contributed by atoms with Crippen molar-refractivity contribution in [1.82, 2.24) is 0 Å². The predicted octanol–water partition coefficient (Wildman–Crippen LogP) is 20.9. The molecule has 7 aromatic carbocycles. The Balaban J connectivity index is 0.797. The molecule has 0 N–H and O–H groups in total. The summed E-state index contributed by atoms with van der Waals surface area (Å²) in [5, 5.41) is 1.46. The van der Waals surface area contributed by atoms with E-state index in [2.05, 4.69) is 122 Å². The molecule has 2 saturated carbocycles. The van der Waals surface area contributed by atoms with Crippen molar-refractivity contribution >= 4 is 66.7 Å². The fourth-order valence-electron chi connectivity index (χ4n) is 13.0. The predicted molar refractivity (Wildman–Crippen MR) is 395 cm³/mol. The van der Waals surface area contributed by atoms with Gasteiger partial charge in [-0.25, -0.2) is 9.59 Å². The van der Waals surface area contributed by atoms with Crippen LogP contribution in [0.1, 0.15) is 174 Å². The van der Waals surface area contributed by atoms with Crippen LogP contribution in [0.3, 0.4) is 0 Å². The molecule has 0 unspecified atom stereocenters. The summed E-state index contributed by atoms with van der Waals surface area (Å²) < 4.78 is 37.6. The first-order chi connectivity index (χ1) is 48.1. The van der Waals surface area contributed by atoms with Crippen molar-refractivity contribution in [3.05, 3.63) is 229 Å². The van der Waals surface area contributed by atoms with Gasteiger partial charge in [0.25, 0.3) is 0 Å². The summed E-state index contributed by atoms with van der Waals surface area (Å²) in [6.07, 6.45) is 20.9. The summed E-state index contributed by atoms with van der Waals surface area (Å²) in [5.41, 5.74) is 8.09. The highest BCUT2D eigenvalue weighted by molar-refractivity contribution is 7.24. The lowest BCUT2D eigenvalue weighted by Crippen LogP contribution is -2.25. The largest absolute Gasteiger partial charge is 0.494 e. The normalized spacial score (nSPS) is 15.8. The van der Waals surface area contributed by atoms with Crippen molar-refractivity contribution in [3.63, 3.8) is 0 Å². The van der Waals surface area contributed by atoms with Crippen LogP contribution in [0.25, 0.3) is 41.1 Å². The van der Waals surface area contributed by atoms with Gasteiger partial charge in [-0.2, -0.15) is 0 Å². The van der Waals surface area contributed by atoms with Crippen molar-refractivity contribution in [3.8, 4) is 67.6 Å². The van der Waals surface area contributed by atoms with Crippen molar-refractivity contribution in [2.24, 2.45) is 11.8 Å². The number of carbonyl (C=O) groups excluding carboxylic acids is 4. The first kappa shape index (κ1) is 69.9. The molecular formula is C86H86O10S2. The number of carbonyl (C=O) groups is 4. The van der Waals surface area contributed by atoms with Gasteiger partial charge < -0.3 is 28.4 Å². The Kier molecular flexibility index (Phi) is 25.8. The van der Waals surface area contributed by atoms with Gasteiger partial charge in [0.2, 0.25) is 0 Å². The minimum atomic E-state index is -0.366. The van der Waals surface area contributed by atoms with Crippen molar-refractivity contribution in [2.75, 3.05) is 26.4 Å². The van der Waals surface area contributed by atoms with Crippen molar-refractivity contribution < 1.29 is 47.6 Å². The number of ether oxygens (including phenoxy) is 6. The van der Waals surface area contributed by atoms with Crippen LogP contribution < -0.4 is 18.9 Å². The zero-order chi connectivity index (χ0) is 67.7. The molecule has 0 bridgehead atoms.